The lowest BCUT2D eigenvalue weighted by Gasteiger charge is -2.17. The summed E-state index contributed by atoms with van der Waals surface area (Å²) in [5.41, 5.74) is 0.497. The van der Waals surface area contributed by atoms with Crippen LogP contribution in [0.5, 0.6) is 0 Å². The number of nitrogens with one attached hydrogen (secondary N) is 1. The maximum absolute atomic E-state index is 12.4. The van der Waals surface area contributed by atoms with Gasteiger partial charge in [0, 0.05) is 4.47 Å². The summed E-state index contributed by atoms with van der Waals surface area (Å²) in [7, 11) is 1.24. The predicted molar refractivity (Wildman–Crippen MR) is 90.6 cm³/mol. The highest BCUT2D eigenvalue weighted by Gasteiger charge is 2.25. The van der Waals surface area contributed by atoms with Gasteiger partial charge in [0.05, 0.1) is 12.1 Å². The Hall–Kier alpha value is -1.63. The third kappa shape index (κ3) is 4.43. The summed E-state index contributed by atoms with van der Waals surface area (Å²) < 4.78 is 5.59. The SMILES string of the molecule is COC(=O)C(NC(=O)c1nc(Cl)ccc1Cl)c1ccc(Br)cc1. The van der Waals surface area contributed by atoms with E-state index in [0.717, 1.165) is 4.47 Å². The van der Waals surface area contributed by atoms with Crippen molar-refractivity contribution in [2.75, 3.05) is 7.11 Å². The van der Waals surface area contributed by atoms with Crippen molar-refractivity contribution in [2.45, 2.75) is 6.04 Å². The maximum atomic E-state index is 12.4. The number of ether oxygens (including phenoxy) is 1. The number of carbonyl (C=O) groups is 2. The molecule has 1 N–H and O–H groups in total. The zero-order valence-electron chi connectivity index (χ0n) is 11.8. The van der Waals surface area contributed by atoms with Crippen LogP contribution in [-0.4, -0.2) is 24.0 Å². The lowest BCUT2D eigenvalue weighted by atomic mass is 10.1. The number of hydrogen-bond donors (Lipinski definition) is 1. The molecule has 1 amide bonds. The van der Waals surface area contributed by atoms with Gasteiger partial charge < -0.3 is 10.1 Å². The van der Waals surface area contributed by atoms with E-state index in [1.165, 1.54) is 19.2 Å². The van der Waals surface area contributed by atoms with Gasteiger partial charge in [-0.2, -0.15) is 0 Å². The largest absolute Gasteiger partial charge is 0.467 e. The van der Waals surface area contributed by atoms with E-state index in [1.807, 2.05) is 0 Å². The molecule has 0 spiro atoms. The normalized spacial score (nSPS) is 11.7. The highest BCUT2D eigenvalue weighted by Crippen LogP contribution is 2.21. The summed E-state index contributed by atoms with van der Waals surface area (Å²) in [6.07, 6.45) is 0. The number of pyridine rings is 1. The van der Waals surface area contributed by atoms with E-state index in [-0.39, 0.29) is 15.9 Å². The molecule has 0 aliphatic rings. The number of methoxy groups -OCH3 is 1. The summed E-state index contributed by atoms with van der Waals surface area (Å²) in [5.74, 6) is -1.24. The first kappa shape index (κ1) is 17.7. The second-order valence-electron chi connectivity index (χ2n) is 4.45. The number of halogens is 3. The topological polar surface area (TPSA) is 68.3 Å². The predicted octanol–water partition coefficient (Wildman–Crippen LogP) is 3.80. The zero-order valence-corrected chi connectivity index (χ0v) is 14.9. The minimum atomic E-state index is -0.988. The quantitative estimate of drug-likeness (QED) is 0.606. The fourth-order valence-corrected chi connectivity index (χ4v) is 2.43. The summed E-state index contributed by atoms with van der Waals surface area (Å²) in [6, 6.07) is 8.82. The van der Waals surface area contributed by atoms with Crippen LogP contribution in [0.3, 0.4) is 0 Å². The van der Waals surface area contributed by atoms with Crippen molar-refractivity contribution in [2.24, 2.45) is 0 Å². The van der Waals surface area contributed by atoms with Gasteiger partial charge in [-0.25, -0.2) is 9.78 Å². The van der Waals surface area contributed by atoms with Crippen LogP contribution < -0.4 is 5.32 Å². The number of carbonyl (C=O) groups excluding carboxylic acids is 2. The van der Waals surface area contributed by atoms with Gasteiger partial charge in [0.2, 0.25) is 0 Å². The second kappa shape index (κ2) is 7.77. The highest BCUT2D eigenvalue weighted by atomic mass is 79.9. The van der Waals surface area contributed by atoms with Gasteiger partial charge in [-0.1, -0.05) is 51.3 Å². The van der Waals surface area contributed by atoms with Gasteiger partial charge in [-0.3, -0.25) is 4.79 Å². The van der Waals surface area contributed by atoms with Gasteiger partial charge in [0.15, 0.2) is 6.04 Å². The molecule has 120 valence electrons. The molecule has 0 aliphatic heterocycles. The zero-order chi connectivity index (χ0) is 17.0. The molecular formula is C15H11BrCl2N2O3. The number of hydrogen-bond acceptors (Lipinski definition) is 4. The molecule has 0 radical (unpaired) electrons. The molecule has 0 saturated heterocycles. The Balaban J connectivity index is 2.30. The molecule has 2 aromatic rings. The summed E-state index contributed by atoms with van der Waals surface area (Å²) in [6.45, 7) is 0. The number of aromatic nitrogens is 1. The smallest absolute Gasteiger partial charge is 0.333 e. The van der Waals surface area contributed by atoms with Crippen LogP contribution in [0.15, 0.2) is 40.9 Å². The van der Waals surface area contributed by atoms with Crippen LogP contribution in [0.1, 0.15) is 22.1 Å². The molecule has 1 atom stereocenters. The molecule has 2 rings (SSSR count). The van der Waals surface area contributed by atoms with Crippen LogP contribution in [0.4, 0.5) is 0 Å². The minimum Gasteiger partial charge on any atom is -0.467 e. The van der Waals surface area contributed by atoms with Crippen molar-refractivity contribution in [1.82, 2.24) is 10.3 Å². The number of nitrogens with zero attached hydrogens (tertiary/aromatic N) is 1. The molecule has 1 heterocycles. The van der Waals surface area contributed by atoms with E-state index in [0.29, 0.717) is 5.56 Å². The van der Waals surface area contributed by atoms with Crippen LogP contribution >= 0.6 is 39.1 Å². The first-order valence-corrected chi connectivity index (χ1v) is 7.93. The van der Waals surface area contributed by atoms with Crippen LogP contribution in [0.25, 0.3) is 0 Å². The number of rotatable bonds is 4. The monoisotopic (exact) mass is 416 g/mol. The van der Waals surface area contributed by atoms with E-state index in [9.17, 15) is 9.59 Å². The molecule has 1 aromatic carbocycles. The lowest BCUT2D eigenvalue weighted by Crippen LogP contribution is -2.35. The van der Waals surface area contributed by atoms with Gasteiger partial charge in [0.1, 0.15) is 10.8 Å². The Morgan fingerprint density at radius 2 is 1.83 bits per heavy atom. The number of benzene rings is 1. The van der Waals surface area contributed by atoms with Gasteiger partial charge in [0.25, 0.3) is 5.91 Å². The van der Waals surface area contributed by atoms with Gasteiger partial charge in [-0.05, 0) is 29.8 Å². The second-order valence-corrected chi connectivity index (χ2v) is 6.16. The summed E-state index contributed by atoms with van der Waals surface area (Å²) in [5, 5.41) is 2.81. The Labute approximate surface area is 151 Å². The highest BCUT2D eigenvalue weighted by molar-refractivity contribution is 9.10. The standard InChI is InChI=1S/C15H11BrCl2N2O3/c1-23-15(22)12(8-2-4-9(16)5-3-8)20-14(21)13-10(17)6-7-11(18)19-13/h2-7,12H,1H3,(H,20,21). The van der Waals surface area contributed by atoms with E-state index >= 15 is 0 Å². The molecule has 23 heavy (non-hydrogen) atoms. The minimum absolute atomic E-state index is 0.0646. The first-order chi connectivity index (χ1) is 10.9. The molecule has 8 heteroatoms. The van der Waals surface area contributed by atoms with Crippen molar-refractivity contribution in [3.8, 4) is 0 Å². The summed E-state index contributed by atoms with van der Waals surface area (Å²) in [4.78, 5) is 28.2. The average molecular weight is 418 g/mol. The number of amides is 1. The lowest BCUT2D eigenvalue weighted by molar-refractivity contribution is -0.143. The Morgan fingerprint density at radius 1 is 1.17 bits per heavy atom. The van der Waals surface area contributed by atoms with Crippen molar-refractivity contribution >= 4 is 51.0 Å². The molecule has 5 nitrogen and oxygen atoms in total. The Kier molecular flexibility index (Phi) is 5.98. The van der Waals surface area contributed by atoms with Crippen molar-refractivity contribution in [3.05, 3.63) is 62.3 Å². The van der Waals surface area contributed by atoms with Crippen LogP contribution in [-0.2, 0) is 9.53 Å². The van der Waals surface area contributed by atoms with Crippen LogP contribution in [0.2, 0.25) is 10.2 Å². The van der Waals surface area contributed by atoms with Gasteiger partial charge in [-0.15, -0.1) is 0 Å². The Bertz CT molecular complexity index is 738. The van der Waals surface area contributed by atoms with Crippen molar-refractivity contribution < 1.29 is 14.3 Å². The van der Waals surface area contributed by atoms with E-state index in [1.54, 1.807) is 24.3 Å². The third-order valence-electron chi connectivity index (χ3n) is 2.94. The van der Waals surface area contributed by atoms with E-state index in [2.05, 4.69) is 26.2 Å². The molecular weight excluding hydrogens is 407 g/mol. The third-order valence-corrected chi connectivity index (χ3v) is 3.99. The molecule has 0 bridgehead atoms. The molecule has 0 fully saturated rings. The summed E-state index contributed by atoms with van der Waals surface area (Å²) >= 11 is 15.0. The molecule has 0 aliphatic carbocycles. The van der Waals surface area contributed by atoms with E-state index < -0.39 is 17.9 Å². The fourth-order valence-electron chi connectivity index (χ4n) is 1.83. The fraction of sp³-hybridized carbons (Fsp3) is 0.133. The number of esters is 1. The van der Waals surface area contributed by atoms with Crippen molar-refractivity contribution in [3.63, 3.8) is 0 Å². The molecule has 1 unspecified atom stereocenters. The first-order valence-electron chi connectivity index (χ1n) is 6.38. The Morgan fingerprint density at radius 3 is 2.43 bits per heavy atom. The van der Waals surface area contributed by atoms with Crippen LogP contribution in [0, 0.1) is 0 Å². The average Bonchev–Trinajstić information content (AvgIpc) is 2.55. The molecule has 0 saturated carbocycles. The van der Waals surface area contributed by atoms with E-state index in [4.69, 9.17) is 27.9 Å². The molecule has 1 aromatic heterocycles. The van der Waals surface area contributed by atoms with Crippen molar-refractivity contribution in [1.29, 1.82) is 0 Å². The van der Waals surface area contributed by atoms with Gasteiger partial charge >= 0.3 is 5.97 Å². The maximum Gasteiger partial charge on any atom is 0.333 e.